The lowest BCUT2D eigenvalue weighted by molar-refractivity contribution is 0.517. The molecule has 1 atom stereocenters. The van der Waals surface area contributed by atoms with Crippen LogP contribution in [-0.4, -0.2) is 0 Å². The van der Waals surface area contributed by atoms with Crippen LogP contribution in [0.3, 0.4) is 0 Å². The maximum absolute atomic E-state index is 6.81. The smallest absolute Gasteiger partial charge is 0.143 e. The molecule has 0 fully saturated rings. The first kappa shape index (κ1) is 36.0. The zero-order chi connectivity index (χ0) is 41.1. The average Bonchev–Trinajstić information content (AvgIpc) is 4.00. The molecule has 2 aromatic heterocycles. The van der Waals surface area contributed by atoms with Crippen LogP contribution in [0.15, 0.2) is 227 Å². The zero-order valence-electron chi connectivity index (χ0n) is 34.0. The molecule has 3 nitrogen and oxygen atoms in total. The number of hydrogen-bond acceptors (Lipinski definition) is 3. The molecule has 12 rings (SSSR count). The van der Waals surface area contributed by atoms with Crippen molar-refractivity contribution in [2.24, 2.45) is 0 Å². The standard InChI is InChI=1S/C59H41NO2/c1-2-41(18-13-26-48-46-21-7-5-19-44(46)45-20-6-8-22-47(45)48)60(42-34-32-38(33-35-42)43-25-14-28-52-50-24-10-12-31-56(50)61-58(43)52)55-30-11-9-23-49(55)51-27-15-29-53-54-36-39-16-3-4-17-40(39)37-57(54)62-59(51)53/h2-24,26-37,43,48H,1,25H2/b26-13+,41-18+. The van der Waals surface area contributed by atoms with E-state index in [9.17, 15) is 0 Å². The summed E-state index contributed by atoms with van der Waals surface area (Å²) in [5.41, 5.74) is 15.4. The van der Waals surface area contributed by atoms with E-state index in [1.807, 2.05) is 12.1 Å². The number of para-hydroxylation sites is 3. The van der Waals surface area contributed by atoms with Gasteiger partial charge in [-0.1, -0.05) is 170 Å². The highest BCUT2D eigenvalue weighted by Crippen LogP contribution is 2.47. The normalized spacial score (nSPS) is 14.8. The number of furan rings is 2. The lowest BCUT2D eigenvalue weighted by Gasteiger charge is -2.29. The van der Waals surface area contributed by atoms with Gasteiger partial charge in [-0.05, 0) is 93.6 Å². The van der Waals surface area contributed by atoms with E-state index in [2.05, 4.69) is 212 Å². The topological polar surface area (TPSA) is 29.5 Å². The molecule has 0 amide bonds. The Hall–Kier alpha value is -7.88. The Kier molecular flexibility index (Phi) is 8.53. The van der Waals surface area contributed by atoms with Crippen molar-refractivity contribution >= 4 is 61.1 Å². The fourth-order valence-corrected chi connectivity index (χ4v) is 10.0. The number of anilines is 2. The zero-order valence-corrected chi connectivity index (χ0v) is 34.0. The number of hydrogen-bond donors (Lipinski definition) is 0. The van der Waals surface area contributed by atoms with Crippen LogP contribution < -0.4 is 4.90 Å². The monoisotopic (exact) mass is 795 g/mol. The van der Waals surface area contributed by atoms with Crippen LogP contribution in [0.25, 0.3) is 72.0 Å². The highest BCUT2D eigenvalue weighted by atomic mass is 16.3. The quantitative estimate of drug-likeness (QED) is 0.144. The molecule has 10 aromatic rings. The van der Waals surface area contributed by atoms with Crippen molar-refractivity contribution in [1.82, 2.24) is 0 Å². The molecule has 2 aliphatic rings. The van der Waals surface area contributed by atoms with Gasteiger partial charge in [0.25, 0.3) is 0 Å². The van der Waals surface area contributed by atoms with Gasteiger partial charge >= 0.3 is 0 Å². The molecule has 8 aromatic carbocycles. The average molecular weight is 796 g/mol. The number of benzene rings is 8. The molecule has 2 aliphatic carbocycles. The van der Waals surface area contributed by atoms with Crippen molar-refractivity contribution in [2.75, 3.05) is 4.90 Å². The minimum atomic E-state index is 0.119. The first-order valence-corrected chi connectivity index (χ1v) is 21.4. The molecular formula is C59H41NO2. The molecule has 0 saturated carbocycles. The van der Waals surface area contributed by atoms with Crippen molar-refractivity contribution in [3.8, 4) is 22.3 Å². The predicted octanol–water partition coefficient (Wildman–Crippen LogP) is 16.3. The van der Waals surface area contributed by atoms with Crippen LogP contribution in [-0.2, 0) is 0 Å². The summed E-state index contributed by atoms with van der Waals surface area (Å²) in [7, 11) is 0. The summed E-state index contributed by atoms with van der Waals surface area (Å²) in [5.74, 6) is 1.30. The van der Waals surface area contributed by atoms with Gasteiger partial charge in [0.1, 0.15) is 22.5 Å². The number of fused-ring (bicyclic) bond motifs is 10. The molecule has 1 unspecified atom stereocenters. The third-order valence-corrected chi connectivity index (χ3v) is 12.9. The van der Waals surface area contributed by atoms with Crippen LogP contribution in [0.4, 0.5) is 11.4 Å². The number of rotatable bonds is 8. The van der Waals surface area contributed by atoms with E-state index in [-0.39, 0.29) is 11.8 Å². The molecule has 0 radical (unpaired) electrons. The van der Waals surface area contributed by atoms with E-state index >= 15 is 0 Å². The maximum Gasteiger partial charge on any atom is 0.143 e. The lowest BCUT2D eigenvalue weighted by Crippen LogP contribution is -2.16. The Morgan fingerprint density at radius 2 is 1.24 bits per heavy atom. The summed E-state index contributed by atoms with van der Waals surface area (Å²) in [4.78, 5) is 2.33. The van der Waals surface area contributed by atoms with Gasteiger partial charge in [-0.3, -0.25) is 0 Å². The van der Waals surface area contributed by atoms with Crippen LogP contribution >= 0.6 is 0 Å². The Balaban J connectivity index is 0.995. The van der Waals surface area contributed by atoms with Crippen molar-refractivity contribution in [3.05, 3.63) is 247 Å². The van der Waals surface area contributed by atoms with E-state index in [4.69, 9.17) is 8.83 Å². The summed E-state index contributed by atoms with van der Waals surface area (Å²) in [6.45, 7) is 4.42. The fraction of sp³-hybridized carbons (Fsp3) is 0.0508. The lowest BCUT2D eigenvalue weighted by atomic mass is 9.86. The molecule has 62 heavy (non-hydrogen) atoms. The van der Waals surface area contributed by atoms with Crippen molar-refractivity contribution in [2.45, 2.75) is 18.3 Å². The SMILES string of the molecule is C=C/C(=C\C=C\C1c2ccccc2-c2ccccc21)N(c1ccc(C2CC=Cc3c2oc2ccccc32)cc1)c1ccccc1-c1cccc2c1oc1cc3ccccc3cc12. The Labute approximate surface area is 360 Å². The second-order valence-corrected chi connectivity index (χ2v) is 16.3. The highest BCUT2D eigenvalue weighted by Gasteiger charge is 2.28. The number of allylic oxidation sites excluding steroid dienone is 5. The molecule has 0 N–H and O–H groups in total. The summed E-state index contributed by atoms with van der Waals surface area (Å²) in [6, 6.07) is 62.9. The van der Waals surface area contributed by atoms with Crippen LogP contribution in [0.2, 0.25) is 0 Å². The third-order valence-electron chi connectivity index (χ3n) is 12.9. The molecule has 2 heterocycles. The van der Waals surface area contributed by atoms with E-state index in [1.54, 1.807) is 0 Å². The van der Waals surface area contributed by atoms with Gasteiger partial charge < -0.3 is 13.7 Å². The third kappa shape index (κ3) is 5.81. The van der Waals surface area contributed by atoms with Gasteiger partial charge in [-0.2, -0.15) is 0 Å². The number of nitrogens with zero attached hydrogens (tertiary/aromatic N) is 1. The van der Waals surface area contributed by atoms with Crippen LogP contribution in [0.5, 0.6) is 0 Å². The molecule has 0 spiro atoms. The van der Waals surface area contributed by atoms with E-state index in [0.717, 1.165) is 78.7 Å². The molecular weight excluding hydrogens is 755 g/mol. The summed E-state index contributed by atoms with van der Waals surface area (Å²) in [6.07, 6.45) is 14.1. The highest BCUT2D eigenvalue weighted by molar-refractivity contribution is 6.14. The Morgan fingerprint density at radius 1 is 0.581 bits per heavy atom. The molecule has 0 aliphatic heterocycles. The van der Waals surface area contributed by atoms with Gasteiger partial charge in [0.15, 0.2) is 0 Å². The first-order valence-electron chi connectivity index (χ1n) is 21.4. The first-order chi connectivity index (χ1) is 30.7. The van der Waals surface area contributed by atoms with Gasteiger partial charge in [0.05, 0.1) is 5.69 Å². The van der Waals surface area contributed by atoms with Gasteiger partial charge in [-0.25, -0.2) is 0 Å². The molecule has 294 valence electrons. The van der Waals surface area contributed by atoms with Crippen molar-refractivity contribution in [1.29, 1.82) is 0 Å². The van der Waals surface area contributed by atoms with E-state index < -0.39 is 0 Å². The second kappa shape index (κ2) is 14.7. The summed E-state index contributed by atoms with van der Waals surface area (Å²) in [5, 5.41) is 5.73. The van der Waals surface area contributed by atoms with Crippen LogP contribution in [0, 0.1) is 0 Å². The minimum absolute atomic E-state index is 0.119. The second-order valence-electron chi connectivity index (χ2n) is 16.3. The molecule has 0 saturated heterocycles. The Bertz CT molecular complexity index is 3440. The molecule has 3 heteroatoms. The van der Waals surface area contributed by atoms with E-state index in [1.165, 1.54) is 38.8 Å². The van der Waals surface area contributed by atoms with Crippen LogP contribution in [0.1, 0.15) is 46.3 Å². The van der Waals surface area contributed by atoms with Gasteiger partial charge in [0, 0.05) is 56.1 Å². The maximum atomic E-state index is 6.81. The Morgan fingerprint density at radius 3 is 2.03 bits per heavy atom. The summed E-state index contributed by atoms with van der Waals surface area (Å²) < 4.78 is 13.3. The fourth-order valence-electron chi connectivity index (χ4n) is 10.0. The van der Waals surface area contributed by atoms with E-state index in [0.29, 0.717) is 0 Å². The predicted molar refractivity (Wildman–Crippen MR) is 258 cm³/mol. The van der Waals surface area contributed by atoms with Gasteiger partial charge in [0.2, 0.25) is 0 Å². The van der Waals surface area contributed by atoms with Crippen molar-refractivity contribution < 1.29 is 8.83 Å². The minimum Gasteiger partial charge on any atom is -0.460 e. The van der Waals surface area contributed by atoms with Crippen molar-refractivity contribution in [3.63, 3.8) is 0 Å². The summed E-state index contributed by atoms with van der Waals surface area (Å²) >= 11 is 0. The largest absolute Gasteiger partial charge is 0.460 e. The molecule has 0 bridgehead atoms. The van der Waals surface area contributed by atoms with Gasteiger partial charge in [-0.15, -0.1) is 0 Å².